The standard InChI is InChI=1S/C28H28FN7O3.C28H30N8O3.C26H28N8O2/c1-37-7-8-39-22-10-23(27-24(11-30)28(29)33-36(27)17-22)19-4-5-25(31-13-19)34-15-20-9-21(16-34)35(20)14-18-3-6-26(38-2)32-12-18;1-37-7-8-39-22-10-23(27-24(11-29)28(30)33-36(27)17-22)19-4-5-25(31-13-19)34-15-20-9-21(16-34)35(20)14-18-3-6-26(38-2)32-12-18;1-3-36-20-12-21(25-22(13-27)26(28)31-34(25)17-20)19-5-6-23(29-15-19)33-10-8-32(9-11-33)16-18-4-7-24(35-2)30-14-18/h3-6,10,12-13,17,20-21H,7-9,14-16H2,1-2H3;3-6,10,12-13,17,20-21H,7-9,14-16H2,1-2H3,(H2,30,33);4-7,12,14-15,17H,3,8-11,16H2,1-2H3,(H2,28,31). The molecule has 12 aromatic rings. The Balaban J connectivity index is 0.000000135. The monoisotopic (exact) mass is 1540 g/mol. The third kappa shape index (κ3) is 16.2. The van der Waals surface area contributed by atoms with Crippen LogP contribution in [0.5, 0.6) is 34.9 Å². The fourth-order valence-electron chi connectivity index (χ4n) is 15.5. The van der Waals surface area contributed by atoms with Crippen LogP contribution in [0.15, 0.2) is 147 Å². The minimum atomic E-state index is -0.820. The van der Waals surface area contributed by atoms with Gasteiger partial charge in [0.1, 0.15) is 82.8 Å². The molecule has 31 nitrogen and oxygen atoms in total. The number of nitrogens with zero attached hydrogens (tertiary/aromatic N) is 21. The average Bonchev–Trinajstić information content (AvgIpc) is 1.76. The number of pyridine rings is 9. The summed E-state index contributed by atoms with van der Waals surface area (Å²) >= 11 is 0. The number of methoxy groups -OCH3 is 5. The summed E-state index contributed by atoms with van der Waals surface area (Å²) in [5, 5.41) is 41.5. The number of ether oxygens (including phenoxy) is 8. The van der Waals surface area contributed by atoms with Crippen molar-refractivity contribution in [3.63, 3.8) is 0 Å². The predicted octanol–water partition coefficient (Wildman–Crippen LogP) is 9.02. The van der Waals surface area contributed by atoms with Crippen LogP contribution < -0.4 is 54.6 Å². The molecule has 12 aromatic heterocycles. The zero-order valence-corrected chi connectivity index (χ0v) is 64.1. The van der Waals surface area contributed by atoms with Crippen LogP contribution in [0.4, 0.5) is 33.5 Å². The summed E-state index contributed by atoms with van der Waals surface area (Å²) in [5.74, 6) is 5.95. The molecule has 7 fully saturated rings. The molecule has 0 aromatic carbocycles. The molecule has 0 radical (unpaired) electrons. The van der Waals surface area contributed by atoms with Gasteiger partial charge in [-0.1, -0.05) is 18.2 Å². The summed E-state index contributed by atoms with van der Waals surface area (Å²) < 4.78 is 62.0. The number of fused-ring (bicyclic) bond motifs is 7. The smallest absolute Gasteiger partial charge is 0.251 e. The normalized spacial score (nSPS) is 17.1. The number of nitrogen functional groups attached to an aromatic ring is 2. The molecule has 19 rings (SSSR count). The van der Waals surface area contributed by atoms with Gasteiger partial charge in [-0.2, -0.15) is 20.2 Å². The Hall–Kier alpha value is -13.0. The highest BCUT2D eigenvalue weighted by Crippen LogP contribution is 2.41. The molecule has 32 heteroatoms. The Morgan fingerprint density at radius 1 is 0.430 bits per heavy atom. The van der Waals surface area contributed by atoms with E-state index in [1.807, 2.05) is 111 Å². The number of hydrogen-bond donors (Lipinski definition) is 2. The van der Waals surface area contributed by atoms with Crippen LogP contribution in [0.2, 0.25) is 0 Å². The van der Waals surface area contributed by atoms with Crippen LogP contribution in [-0.2, 0) is 29.1 Å². The number of nitrogens with two attached hydrogens (primary N) is 2. The number of anilines is 5. The number of halogens is 1. The zero-order valence-electron chi connectivity index (χ0n) is 64.1. The molecular weight excluding hydrogens is 1450 g/mol. The highest BCUT2D eigenvalue weighted by molar-refractivity contribution is 5.90. The first kappa shape index (κ1) is 76.3. The Morgan fingerprint density at radius 2 is 0.807 bits per heavy atom. The van der Waals surface area contributed by atoms with Crippen molar-refractivity contribution in [1.82, 2.24) is 73.4 Å². The SMILES string of the molecule is CCOc1cc(-c2ccc(N3CCN(Cc4ccc(OC)nc4)CC3)nc2)c2c(C#N)c(N)nn2c1.COCCOc1cc(-c2ccc(N3CC4CC(C3)N4Cc3ccc(OC)nc3)nc2)c2c(C#N)c(F)nn2c1.COCCOc1cc(-c2ccc(N3CC4CC(C3)N4Cc3ccc(OC)nc3)nc2)c2c(C#N)c(N)nn2c1. The number of aromatic nitrogens is 12. The lowest BCUT2D eigenvalue weighted by Crippen LogP contribution is -2.68. The first-order valence-electron chi connectivity index (χ1n) is 37.5. The molecule has 19 heterocycles. The second-order valence-corrected chi connectivity index (χ2v) is 28.1. The van der Waals surface area contributed by atoms with Crippen LogP contribution in [0.1, 0.15) is 53.1 Å². The average molecular weight is 1540 g/mol. The summed E-state index contributed by atoms with van der Waals surface area (Å²) in [6.45, 7) is 13.9. The van der Waals surface area contributed by atoms with E-state index in [9.17, 15) is 20.2 Å². The van der Waals surface area contributed by atoms with E-state index in [4.69, 9.17) is 64.3 Å². The number of piperidine rings is 2. The van der Waals surface area contributed by atoms with Gasteiger partial charge in [-0.15, -0.1) is 15.3 Å². The molecule has 4 N–H and O–H groups in total. The van der Waals surface area contributed by atoms with Crippen molar-refractivity contribution < 1.29 is 42.3 Å². The van der Waals surface area contributed by atoms with E-state index in [1.165, 1.54) is 34.0 Å². The van der Waals surface area contributed by atoms with Crippen molar-refractivity contribution in [2.45, 2.75) is 63.6 Å². The molecule has 0 spiro atoms. The lowest BCUT2D eigenvalue weighted by molar-refractivity contribution is -0.00879. The molecule has 7 aliphatic rings. The molecule has 0 saturated carbocycles. The van der Waals surface area contributed by atoms with E-state index in [-0.39, 0.29) is 17.2 Å². The van der Waals surface area contributed by atoms with Gasteiger partial charge in [0, 0.05) is 199 Å². The van der Waals surface area contributed by atoms with E-state index in [0.717, 1.165) is 117 Å². The van der Waals surface area contributed by atoms with Gasteiger partial charge in [0.25, 0.3) is 5.95 Å². The molecule has 7 saturated heterocycles. The highest BCUT2D eigenvalue weighted by Gasteiger charge is 2.46. The molecule has 4 bridgehead atoms. The predicted molar refractivity (Wildman–Crippen MR) is 424 cm³/mol. The van der Waals surface area contributed by atoms with E-state index < -0.39 is 5.95 Å². The van der Waals surface area contributed by atoms with Crippen molar-refractivity contribution in [1.29, 1.82) is 15.8 Å². The highest BCUT2D eigenvalue weighted by atomic mass is 19.1. The number of piperazine rings is 3. The number of hydrogen-bond acceptors (Lipinski definition) is 28. The van der Waals surface area contributed by atoms with Crippen molar-refractivity contribution >= 4 is 45.6 Å². The largest absolute Gasteiger partial charge is 0.492 e. The topological polar surface area (TPSA) is 346 Å². The second kappa shape index (κ2) is 34.3. The molecule has 584 valence electrons. The molecular formula is C82H86FN23O8. The fraction of sp³-hybridized carbons (Fsp3) is 0.341. The minimum absolute atomic E-state index is 0.110. The molecule has 0 amide bonds. The first-order valence-corrected chi connectivity index (χ1v) is 37.5. The number of nitriles is 3. The van der Waals surface area contributed by atoms with E-state index in [0.29, 0.717) is 125 Å². The lowest BCUT2D eigenvalue weighted by Gasteiger charge is -2.56. The van der Waals surface area contributed by atoms with Crippen molar-refractivity contribution in [2.75, 3.05) is 147 Å². The Labute approximate surface area is 657 Å². The maximum Gasteiger partial charge on any atom is 0.251 e. The van der Waals surface area contributed by atoms with Crippen LogP contribution >= 0.6 is 0 Å². The van der Waals surface area contributed by atoms with E-state index >= 15 is 0 Å². The van der Waals surface area contributed by atoms with Crippen molar-refractivity contribution in [3.8, 4) is 86.5 Å². The van der Waals surface area contributed by atoms with Gasteiger partial charge in [-0.3, -0.25) is 14.7 Å². The lowest BCUT2D eigenvalue weighted by atomic mass is 9.87. The molecule has 0 aliphatic carbocycles. The summed E-state index contributed by atoms with van der Waals surface area (Å²) in [6, 6.07) is 37.7. The van der Waals surface area contributed by atoms with Crippen molar-refractivity contribution in [3.05, 3.63) is 186 Å². The van der Waals surface area contributed by atoms with Gasteiger partial charge < -0.3 is 64.1 Å². The van der Waals surface area contributed by atoms with Crippen molar-refractivity contribution in [2.24, 2.45) is 0 Å². The van der Waals surface area contributed by atoms with Crippen LogP contribution in [-0.4, -0.2) is 219 Å². The molecule has 114 heavy (non-hydrogen) atoms. The summed E-state index contributed by atoms with van der Waals surface area (Å²) in [4.78, 5) is 41.7. The maximum absolute atomic E-state index is 14.4. The minimum Gasteiger partial charge on any atom is -0.492 e. The summed E-state index contributed by atoms with van der Waals surface area (Å²) in [6.07, 6.45) is 18.5. The van der Waals surface area contributed by atoms with Gasteiger partial charge >= 0.3 is 0 Å². The Morgan fingerprint density at radius 3 is 1.16 bits per heavy atom. The van der Waals surface area contributed by atoms with Gasteiger partial charge in [0.2, 0.25) is 17.6 Å². The summed E-state index contributed by atoms with van der Waals surface area (Å²) in [7, 11) is 8.09. The number of rotatable bonds is 25. The second-order valence-electron chi connectivity index (χ2n) is 28.1. The van der Waals surface area contributed by atoms with E-state index in [1.54, 1.807) is 75.4 Å². The molecule has 4 unspecified atom stereocenters. The third-order valence-corrected chi connectivity index (χ3v) is 21.2. The Bertz CT molecular complexity index is 5240. The first-order chi connectivity index (χ1) is 55.7. The summed E-state index contributed by atoms with van der Waals surface area (Å²) in [5.41, 5.74) is 22.5. The molecule has 4 atom stereocenters. The third-order valence-electron chi connectivity index (χ3n) is 21.2. The van der Waals surface area contributed by atoms with Gasteiger partial charge in [0.15, 0.2) is 11.6 Å². The van der Waals surface area contributed by atoms with Crippen LogP contribution in [0.3, 0.4) is 0 Å². The fourth-order valence-corrected chi connectivity index (χ4v) is 15.5. The maximum atomic E-state index is 14.4. The quantitative estimate of drug-likeness (QED) is 0.0504. The van der Waals surface area contributed by atoms with Gasteiger partial charge in [-0.25, -0.2) is 43.5 Å². The van der Waals surface area contributed by atoms with Gasteiger partial charge in [-0.05, 0) is 91.1 Å². The van der Waals surface area contributed by atoms with Crippen LogP contribution in [0, 0.1) is 39.9 Å². The molecule has 7 aliphatic heterocycles. The Kier molecular flexibility index (Phi) is 23.0. The van der Waals surface area contributed by atoms with Gasteiger partial charge in [0.05, 0.1) is 76.3 Å². The van der Waals surface area contributed by atoms with Crippen LogP contribution in [0.25, 0.3) is 49.9 Å². The zero-order chi connectivity index (χ0) is 78.9. The van der Waals surface area contributed by atoms with E-state index in [2.05, 4.69) is 90.0 Å².